The van der Waals surface area contributed by atoms with E-state index in [1.54, 1.807) is 20.8 Å². The number of amides is 2. The number of nitrogens with one attached hydrogen (secondary N) is 1. The van der Waals surface area contributed by atoms with Crippen molar-refractivity contribution in [1.82, 2.24) is 15.4 Å². The third kappa shape index (κ3) is 3.50. The molecule has 0 saturated carbocycles. The van der Waals surface area contributed by atoms with E-state index in [0.29, 0.717) is 11.5 Å². The van der Waals surface area contributed by atoms with Crippen molar-refractivity contribution in [3.63, 3.8) is 0 Å². The SMILES string of the molecule is Cc1onc(-c2ccccc2)c1C(=O)NC1C(=O)N2[C@@H]1SC(C)(C)[C@@H]2C(=O)[O-].[Na+]. The zero-order valence-electron chi connectivity index (χ0n) is 16.5. The van der Waals surface area contributed by atoms with E-state index >= 15 is 0 Å². The number of aliphatic carboxylic acids is 1. The summed E-state index contributed by atoms with van der Waals surface area (Å²) < 4.78 is 4.49. The van der Waals surface area contributed by atoms with E-state index in [2.05, 4.69) is 10.5 Å². The zero-order chi connectivity index (χ0) is 20.2. The van der Waals surface area contributed by atoms with Gasteiger partial charge in [0.05, 0.1) is 12.0 Å². The number of fused-ring (bicyclic) bond motifs is 1. The van der Waals surface area contributed by atoms with Crippen LogP contribution in [0, 0.1) is 6.92 Å². The molecule has 4 rings (SSSR count). The first-order valence-corrected chi connectivity index (χ1v) is 9.64. The number of hydrogen-bond acceptors (Lipinski definition) is 7. The third-order valence-corrected chi connectivity index (χ3v) is 6.66. The first-order valence-electron chi connectivity index (χ1n) is 8.76. The smallest absolute Gasteiger partial charge is 0.548 e. The Morgan fingerprint density at radius 2 is 1.93 bits per heavy atom. The summed E-state index contributed by atoms with van der Waals surface area (Å²) in [5.74, 6) is -1.86. The second kappa shape index (κ2) is 7.79. The van der Waals surface area contributed by atoms with E-state index in [9.17, 15) is 19.5 Å². The van der Waals surface area contributed by atoms with Crippen LogP contribution in [0.5, 0.6) is 0 Å². The van der Waals surface area contributed by atoms with Gasteiger partial charge >= 0.3 is 29.6 Å². The molecular formula is C19H18N3NaO5S. The maximum Gasteiger partial charge on any atom is 1.00 e. The summed E-state index contributed by atoms with van der Waals surface area (Å²) in [4.78, 5) is 38.2. The van der Waals surface area contributed by atoms with Gasteiger partial charge in [0.15, 0.2) is 0 Å². The number of carbonyl (C=O) groups excluding carboxylic acids is 3. The molecule has 2 aliphatic heterocycles. The van der Waals surface area contributed by atoms with Gasteiger partial charge in [0.2, 0.25) is 5.91 Å². The first-order chi connectivity index (χ1) is 13.2. The quantitative estimate of drug-likeness (QED) is 0.429. The Labute approximate surface area is 193 Å². The summed E-state index contributed by atoms with van der Waals surface area (Å²) in [5.41, 5.74) is 1.38. The van der Waals surface area contributed by atoms with Crippen LogP contribution in [0.1, 0.15) is 30.0 Å². The molecule has 0 bridgehead atoms. The molecule has 2 fully saturated rings. The minimum absolute atomic E-state index is 0. The van der Waals surface area contributed by atoms with E-state index in [4.69, 9.17) is 4.52 Å². The number of carboxylic acid groups (broad SMARTS) is 1. The molecule has 1 N–H and O–H groups in total. The molecule has 1 aromatic heterocycles. The molecule has 10 heteroatoms. The van der Waals surface area contributed by atoms with Gasteiger partial charge in [-0.05, 0) is 20.8 Å². The van der Waals surface area contributed by atoms with Crippen LogP contribution in [0.4, 0.5) is 0 Å². The predicted octanol–water partition coefficient (Wildman–Crippen LogP) is -2.44. The predicted molar refractivity (Wildman–Crippen MR) is 99.0 cm³/mol. The van der Waals surface area contributed by atoms with Crippen LogP contribution in [0.25, 0.3) is 11.3 Å². The Bertz CT molecular complexity index is 977. The minimum Gasteiger partial charge on any atom is -0.548 e. The molecule has 1 unspecified atom stereocenters. The Morgan fingerprint density at radius 1 is 1.28 bits per heavy atom. The number of nitrogens with zero attached hydrogens (tertiary/aromatic N) is 2. The number of thioether (sulfide) groups is 1. The molecule has 8 nitrogen and oxygen atoms in total. The maximum absolute atomic E-state index is 12.9. The third-order valence-electron chi connectivity index (χ3n) is 5.09. The average Bonchev–Trinajstić information content (AvgIpc) is 3.15. The van der Waals surface area contributed by atoms with E-state index < -0.39 is 40.0 Å². The van der Waals surface area contributed by atoms with Crippen molar-refractivity contribution in [2.24, 2.45) is 0 Å². The van der Waals surface area contributed by atoms with Crippen LogP contribution >= 0.6 is 11.8 Å². The summed E-state index contributed by atoms with van der Waals surface area (Å²) in [6, 6.07) is 7.29. The first kappa shape index (κ1) is 21.9. The number of benzene rings is 1. The summed E-state index contributed by atoms with van der Waals surface area (Å²) >= 11 is 1.34. The minimum atomic E-state index is -1.29. The van der Waals surface area contributed by atoms with Crippen LogP contribution in [-0.4, -0.2) is 50.0 Å². The molecule has 0 aliphatic carbocycles. The van der Waals surface area contributed by atoms with Crippen molar-refractivity contribution in [3.8, 4) is 11.3 Å². The molecule has 2 amide bonds. The van der Waals surface area contributed by atoms with E-state index in [0.717, 1.165) is 5.56 Å². The van der Waals surface area contributed by atoms with Gasteiger partial charge in [-0.25, -0.2) is 0 Å². The Kier molecular flexibility index (Phi) is 5.88. The Hall–Kier alpha value is -1.81. The monoisotopic (exact) mass is 423 g/mol. The van der Waals surface area contributed by atoms with Gasteiger partial charge in [-0.1, -0.05) is 35.5 Å². The normalized spacial score (nSPS) is 24.3. The molecule has 0 spiro atoms. The maximum atomic E-state index is 12.9. The number of aromatic nitrogens is 1. The topological polar surface area (TPSA) is 116 Å². The fraction of sp³-hybridized carbons (Fsp3) is 0.368. The number of hydrogen-bond donors (Lipinski definition) is 1. The van der Waals surface area contributed by atoms with Crippen LogP contribution in [0.3, 0.4) is 0 Å². The molecule has 2 aliphatic rings. The van der Waals surface area contributed by atoms with E-state index in [1.165, 1.54) is 16.7 Å². The summed E-state index contributed by atoms with van der Waals surface area (Å²) in [7, 11) is 0. The standard InChI is InChI=1S/C19H19N3O5S.Na/c1-9-11(12(21-27-9)10-7-5-4-6-8-10)15(23)20-13-16(24)22-14(18(25)26)19(2,3)28-17(13)22;/h4-8,13-14,17H,1-3H3,(H,20,23)(H,25,26);/q;+1/p-1/t13?,14-,17+;/m0./s1. The van der Waals surface area contributed by atoms with Crippen molar-refractivity contribution < 1.29 is 53.6 Å². The molecule has 3 atom stereocenters. The second-order valence-corrected chi connectivity index (χ2v) is 9.13. The van der Waals surface area contributed by atoms with Gasteiger partial charge in [0, 0.05) is 10.3 Å². The van der Waals surface area contributed by atoms with Crippen molar-refractivity contribution in [3.05, 3.63) is 41.7 Å². The number of carboxylic acids is 1. The number of rotatable bonds is 4. The van der Waals surface area contributed by atoms with Crippen LogP contribution in [0.2, 0.25) is 0 Å². The van der Waals surface area contributed by atoms with Gasteiger partial charge in [-0.2, -0.15) is 0 Å². The summed E-state index contributed by atoms with van der Waals surface area (Å²) in [6.07, 6.45) is 0. The second-order valence-electron chi connectivity index (χ2n) is 7.36. The van der Waals surface area contributed by atoms with Gasteiger partial charge < -0.3 is 24.6 Å². The molecular weight excluding hydrogens is 405 g/mol. The van der Waals surface area contributed by atoms with Gasteiger partial charge in [0.25, 0.3) is 5.91 Å². The van der Waals surface area contributed by atoms with Crippen molar-refractivity contribution in [1.29, 1.82) is 0 Å². The zero-order valence-corrected chi connectivity index (χ0v) is 19.3. The van der Waals surface area contributed by atoms with Crippen molar-refractivity contribution in [2.75, 3.05) is 0 Å². The van der Waals surface area contributed by atoms with E-state index in [1.807, 2.05) is 30.3 Å². The number of carbonyl (C=O) groups is 3. The number of β-lactam (4-membered cyclic amide) rings is 1. The van der Waals surface area contributed by atoms with Gasteiger partial charge in [-0.3, -0.25) is 9.59 Å². The summed E-state index contributed by atoms with van der Waals surface area (Å²) in [6.45, 7) is 5.13. The van der Waals surface area contributed by atoms with Gasteiger partial charge in [0.1, 0.15) is 28.4 Å². The molecule has 29 heavy (non-hydrogen) atoms. The summed E-state index contributed by atoms with van der Waals surface area (Å²) in [5, 5.41) is 17.7. The van der Waals surface area contributed by atoms with Crippen LogP contribution in [-0.2, 0) is 9.59 Å². The van der Waals surface area contributed by atoms with Crippen LogP contribution in [0.15, 0.2) is 34.9 Å². The molecule has 146 valence electrons. The molecule has 2 aromatic rings. The molecule has 2 saturated heterocycles. The van der Waals surface area contributed by atoms with Crippen LogP contribution < -0.4 is 40.0 Å². The molecule has 0 radical (unpaired) electrons. The van der Waals surface area contributed by atoms with Crippen molar-refractivity contribution >= 4 is 29.5 Å². The fourth-order valence-electron chi connectivity index (χ4n) is 3.77. The van der Waals surface area contributed by atoms with E-state index in [-0.39, 0.29) is 35.1 Å². The van der Waals surface area contributed by atoms with Gasteiger partial charge in [-0.15, -0.1) is 11.8 Å². The van der Waals surface area contributed by atoms with Crippen molar-refractivity contribution in [2.45, 2.75) is 43.0 Å². The average molecular weight is 423 g/mol. The Morgan fingerprint density at radius 3 is 2.55 bits per heavy atom. The molecule has 3 heterocycles. The Balaban J connectivity index is 0.00000240. The number of aryl methyl sites for hydroxylation is 1. The molecule has 1 aromatic carbocycles. The largest absolute Gasteiger partial charge is 1.00 e. The fourth-order valence-corrected chi connectivity index (χ4v) is 5.39.